The number of anilines is 1. The first-order chi connectivity index (χ1) is 10.0. The highest BCUT2D eigenvalue weighted by atomic mass is 35.5. The van der Waals surface area contributed by atoms with E-state index < -0.39 is 0 Å². The standard InChI is InChI=1S/C16H14ClNO3/c1-10(19)11-6-7-14(17)15(9-11)18-16(20)12-4-3-5-13(8-12)21-2/h3-9H,1-2H3,(H,18,20). The van der Waals surface area contributed by atoms with Gasteiger partial charge in [0.05, 0.1) is 17.8 Å². The zero-order valence-electron chi connectivity index (χ0n) is 11.6. The number of hydrogen-bond donors (Lipinski definition) is 1. The Bertz CT molecular complexity index is 698. The normalized spacial score (nSPS) is 10.0. The number of carbonyl (C=O) groups is 2. The van der Waals surface area contributed by atoms with Crippen molar-refractivity contribution in [3.05, 3.63) is 58.6 Å². The zero-order valence-corrected chi connectivity index (χ0v) is 12.4. The molecule has 0 saturated carbocycles. The van der Waals surface area contributed by atoms with E-state index in [9.17, 15) is 9.59 Å². The zero-order chi connectivity index (χ0) is 15.4. The Balaban J connectivity index is 2.26. The number of Topliss-reactive ketones (excluding diaryl/α,β-unsaturated/α-hetero) is 1. The highest BCUT2D eigenvalue weighted by Crippen LogP contribution is 2.24. The van der Waals surface area contributed by atoms with Crippen molar-refractivity contribution < 1.29 is 14.3 Å². The van der Waals surface area contributed by atoms with Gasteiger partial charge in [-0.15, -0.1) is 0 Å². The third kappa shape index (κ3) is 3.61. The molecular weight excluding hydrogens is 290 g/mol. The van der Waals surface area contributed by atoms with E-state index in [1.165, 1.54) is 14.0 Å². The summed E-state index contributed by atoms with van der Waals surface area (Å²) in [6.07, 6.45) is 0. The van der Waals surface area contributed by atoms with Gasteiger partial charge in [-0.05, 0) is 43.3 Å². The Morgan fingerprint density at radius 2 is 1.86 bits per heavy atom. The van der Waals surface area contributed by atoms with Crippen LogP contribution in [0.4, 0.5) is 5.69 Å². The van der Waals surface area contributed by atoms with Crippen LogP contribution in [0.1, 0.15) is 27.6 Å². The number of amides is 1. The first-order valence-corrected chi connectivity index (χ1v) is 6.65. The lowest BCUT2D eigenvalue weighted by Crippen LogP contribution is -2.12. The van der Waals surface area contributed by atoms with Crippen LogP contribution in [0.25, 0.3) is 0 Å². The molecule has 0 aliphatic carbocycles. The molecule has 1 amide bonds. The molecule has 108 valence electrons. The summed E-state index contributed by atoms with van der Waals surface area (Å²) in [4.78, 5) is 23.6. The molecule has 21 heavy (non-hydrogen) atoms. The predicted octanol–water partition coefficient (Wildman–Crippen LogP) is 3.80. The molecule has 0 aromatic heterocycles. The maximum Gasteiger partial charge on any atom is 0.255 e. The lowest BCUT2D eigenvalue weighted by molar-refractivity contribution is 0.101. The van der Waals surface area contributed by atoms with E-state index in [0.717, 1.165) is 0 Å². The Morgan fingerprint density at radius 1 is 1.10 bits per heavy atom. The molecule has 0 unspecified atom stereocenters. The summed E-state index contributed by atoms with van der Waals surface area (Å²) in [6, 6.07) is 11.5. The van der Waals surface area contributed by atoms with Crippen LogP contribution in [0.5, 0.6) is 5.75 Å². The first kappa shape index (κ1) is 15.1. The molecule has 0 aliphatic rings. The van der Waals surface area contributed by atoms with Crippen molar-refractivity contribution in [1.29, 1.82) is 0 Å². The maximum atomic E-state index is 12.2. The van der Waals surface area contributed by atoms with Gasteiger partial charge in [0, 0.05) is 11.1 Å². The average molecular weight is 304 g/mol. The van der Waals surface area contributed by atoms with Gasteiger partial charge in [-0.1, -0.05) is 17.7 Å². The van der Waals surface area contributed by atoms with Gasteiger partial charge < -0.3 is 10.1 Å². The Morgan fingerprint density at radius 3 is 2.52 bits per heavy atom. The van der Waals surface area contributed by atoms with Crippen LogP contribution in [-0.4, -0.2) is 18.8 Å². The molecule has 0 fully saturated rings. The van der Waals surface area contributed by atoms with Crippen LogP contribution in [0.3, 0.4) is 0 Å². The highest BCUT2D eigenvalue weighted by molar-refractivity contribution is 6.34. The van der Waals surface area contributed by atoms with Crippen molar-refractivity contribution in [3.63, 3.8) is 0 Å². The second-order valence-electron chi connectivity index (χ2n) is 4.44. The molecular formula is C16H14ClNO3. The van der Waals surface area contributed by atoms with Crippen LogP contribution in [0.15, 0.2) is 42.5 Å². The summed E-state index contributed by atoms with van der Waals surface area (Å²) in [5.74, 6) is 0.172. The summed E-state index contributed by atoms with van der Waals surface area (Å²) in [5.41, 5.74) is 1.33. The Kier molecular flexibility index (Phi) is 4.60. The molecule has 0 atom stereocenters. The Labute approximate surface area is 127 Å². The smallest absolute Gasteiger partial charge is 0.255 e. The number of benzene rings is 2. The van der Waals surface area contributed by atoms with Crippen molar-refractivity contribution in [1.82, 2.24) is 0 Å². The topological polar surface area (TPSA) is 55.4 Å². The number of rotatable bonds is 4. The molecule has 2 rings (SSSR count). The third-order valence-corrected chi connectivity index (χ3v) is 3.28. The summed E-state index contributed by atoms with van der Waals surface area (Å²) in [6.45, 7) is 1.46. The lowest BCUT2D eigenvalue weighted by Gasteiger charge is -2.09. The average Bonchev–Trinajstić information content (AvgIpc) is 2.49. The van der Waals surface area contributed by atoms with E-state index in [1.54, 1.807) is 42.5 Å². The van der Waals surface area contributed by atoms with Gasteiger partial charge in [-0.25, -0.2) is 0 Å². The quantitative estimate of drug-likeness (QED) is 0.874. The second kappa shape index (κ2) is 6.41. The summed E-state index contributed by atoms with van der Waals surface area (Å²) >= 11 is 6.04. The number of carbonyl (C=O) groups excluding carboxylic acids is 2. The third-order valence-electron chi connectivity index (χ3n) is 2.95. The van der Waals surface area contributed by atoms with Crippen molar-refractivity contribution in [2.75, 3.05) is 12.4 Å². The van der Waals surface area contributed by atoms with Gasteiger partial charge in [0.1, 0.15) is 5.75 Å². The minimum Gasteiger partial charge on any atom is -0.497 e. The molecule has 0 aliphatic heterocycles. The second-order valence-corrected chi connectivity index (χ2v) is 4.84. The monoisotopic (exact) mass is 303 g/mol. The van der Waals surface area contributed by atoms with E-state index in [-0.39, 0.29) is 11.7 Å². The number of ketones is 1. The summed E-state index contributed by atoms with van der Waals surface area (Å²) in [5, 5.41) is 3.07. The molecule has 5 heteroatoms. The molecule has 0 heterocycles. The number of hydrogen-bond acceptors (Lipinski definition) is 3. The van der Waals surface area contributed by atoms with Crippen LogP contribution in [0.2, 0.25) is 5.02 Å². The van der Waals surface area contributed by atoms with Crippen molar-refractivity contribution in [2.45, 2.75) is 6.92 Å². The minimum absolute atomic E-state index is 0.0939. The van der Waals surface area contributed by atoms with Crippen LogP contribution in [0, 0.1) is 0 Å². The van der Waals surface area contributed by atoms with E-state index in [1.807, 2.05) is 0 Å². The van der Waals surface area contributed by atoms with Crippen LogP contribution < -0.4 is 10.1 Å². The number of ether oxygens (including phenoxy) is 1. The van der Waals surface area contributed by atoms with E-state index in [2.05, 4.69) is 5.32 Å². The van der Waals surface area contributed by atoms with E-state index in [4.69, 9.17) is 16.3 Å². The number of halogens is 1. The minimum atomic E-state index is -0.323. The van der Waals surface area contributed by atoms with E-state index in [0.29, 0.717) is 27.6 Å². The van der Waals surface area contributed by atoms with Crippen molar-refractivity contribution in [3.8, 4) is 5.75 Å². The molecule has 1 N–H and O–H groups in total. The fraction of sp³-hybridized carbons (Fsp3) is 0.125. The van der Waals surface area contributed by atoms with E-state index >= 15 is 0 Å². The van der Waals surface area contributed by atoms with Crippen molar-refractivity contribution >= 4 is 29.0 Å². The predicted molar refractivity (Wildman–Crippen MR) is 82.4 cm³/mol. The molecule has 2 aromatic carbocycles. The maximum absolute atomic E-state index is 12.2. The summed E-state index contributed by atoms with van der Waals surface area (Å²) < 4.78 is 5.08. The molecule has 0 saturated heterocycles. The highest BCUT2D eigenvalue weighted by Gasteiger charge is 2.11. The SMILES string of the molecule is COc1cccc(C(=O)Nc2cc(C(C)=O)ccc2Cl)c1. The lowest BCUT2D eigenvalue weighted by atomic mass is 10.1. The van der Waals surface area contributed by atoms with Gasteiger partial charge in [-0.3, -0.25) is 9.59 Å². The molecule has 0 radical (unpaired) electrons. The van der Waals surface area contributed by atoms with Crippen LogP contribution >= 0.6 is 11.6 Å². The fourth-order valence-electron chi connectivity index (χ4n) is 1.80. The van der Waals surface area contributed by atoms with Gasteiger partial charge >= 0.3 is 0 Å². The largest absolute Gasteiger partial charge is 0.497 e. The first-order valence-electron chi connectivity index (χ1n) is 6.27. The number of methoxy groups -OCH3 is 1. The van der Waals surface area contributed by atoms with Gasteiger partial charge in [0.15, 0.2) is 5.78 Å². The molecule has 4 nitrogen and oxygen atoms in total. The Hall–Kier alpha value is -2.33. The van der Waals surface area contributed by atoms with Gasteiger partial charge in [-0.2, -0.15) is 0 Å². The number of nitrogens with one attached hydrogen (secondary N) is 1. The molecule has 0 spiro atoms. The van der Waals surface area contributed by atoms with Gasteiger partial charge in [0.2, 0.25) is 0 Å². The summed E-state index contributed by atoms with van der Waals surface area (Å²) in [7, 11) is 1.53. The van der Waals surface area contributed by atoms with Gasteiger partial charge in [0.25, 0.3) is 5.91 Å². The van der Waals surface area contributed by atoms with Crippen molar-refractivity contribution in [2.24, 2.45) is 0 Å². The van der Waals surface area contributed by atoms with Crippen LogP contribution in [-0.2, 0) is 0 Å². The fourth-order valence-corrected chi connectivity index (χ4v) is 1.96. The molecule has 0 bridgehead atoms. The molecule has 2 aromatic rings.